The van der Waals surface area contributed by atoms with Gasteiger partial charge in [-0.25, -0.2) is 0 Å². The predicted molar refractivity (Wildman–Crippen MR) is 77.6 cm³/mol. The van der Waals surface area contributed by atoms with Gasteiger partial charge in [0.25, 0.3) is 0 Å². The van der Waals surface area contributed by atoms with E-state index in [4.69, 9.17) is 10.2 Å². The fourth-order valence-corrected chi connectivity index (χ4v) is 1.57. The van der Waals surface area contributed by atoms with Crippen molar-refractivity contribution in [2.45, 2.75) is 13.1 Å². The Morgan fingerprint density at radius 3 is 1.32 bits per heavy atom. The molecule has 0 aliphatic rings. The van der Waals surface area contributed by atoms with E-state index in [9.17, 15) is 20.2 Å². The first-order valence-corrected chi connectivity index (χ1v) is 6.17. The third-order valence-electron chi connectivity index (χ3n) is 2.58. The van der Waals surface area contributed by atoms with Gasteiger partial charge in [-0.05, 0) is 24.3 Å². The van der Waals surface area contributed by atoms with Crippen LogP contribution < -0.4 is 0 Å². The zero-order valence-corrected chi connectivity index (χ0v) is 11.5. The molecule has 0 aromatic heterocycles. The molecule has 0 bridgehead atoms. The van der Waals surface area contributed by atoms with Gasteiger partial charge in [-0.15, -0.1) is 0 Å². The lowest BCUT2D eigenvalue weighted by Gasteiger charge is -1.96. The summed E-state index contributed by atoms with van der Waals surface area (Å²) in [5.41, 5.74) is 0.690. The zero-order valence-electron chi connectivity index (χ0n) is 11.5. The second-order valence-corrected chi connectivity index (χ2v) is 4.24. The van der Waals surface area contributed by atoms with E-state index in [1.807, 2.05) is 0 Å². The molecule has 0 atom stereocenters. The number of para-hydroxylation sites is 2. The van der Waals surface area contributed by atoms with Crippen molar-refractivity contribution in [2.75, 3.05) is 0 Å². The molecule has 0 aliphatic heterocycles. The van der Waals surface area contributed by atoms with E-state index < -0.39 is 9.85 Å². The molecule has 8 heteroatoms. The Hall–Kier alpha value is -3.16. The molecule has 0 radical (unpaired) electrons. The van der Waals surface area contributed by atoms with E-state index in [2.05, 4.69) is 0 Å². The van der Waals surface area contributed by atoms with Crippen LogP contribution in [0.3, 0.4) is 0 Å². The van der Waals surface area contributed by atoms with E-state index in [-0.39, 0.29) is 24.6 Å². The molecular formula is C14H14N2O6. The average molecular weight is 306 g/mol. The van der Waals surface area contributed by atoms with Crippen LogP contribution in [0.5, 0.6) is 11.5 Å². The summed E-state index contributed by atoms with van der Waals surface area (Å²) in [6.07, 6.45) is 0. The Bertz CT molecular complexity index is 602. The van der Waals surface area contributed by atoms with Crippen LogP contribution in [0.2, 0.25) is 0 Å². The Labute approximate surface area is 125 Å². The normalized spacial score (nSPS) is 9.45. The van der Waals surface area contributed by atoms with Crippen LogP contribution in [0.4, 0.5) is 0 Å². The molecule has 0 unspecified atom stereocenters. The average Bonchev–Trinajstić information content (AvgIpc) is 2.44. The van der Waals surface area contributed by atoms with E-state index in [0.717, 1.165) is 0 Å². The topological polar surface area (TPSA) is 127 Å². The van der Waals surface area contributed by atoms with Crippen LogP contribution in [0.25, 0.3) is 0 Å². The standard InChI is InChI=1S/2C7H7NO3/c2*9-7-4-2-1-3-6(7)5-8(10)11/h2*1-4,9H,5H2. The molecule has 0 fully saturated rings. The highest BCUT2D eigenvalue weighted by Gasteiger charge is 2.05. The number of benzene rings is 2. The molecule has 116 valence electrons. The van der Waals surface area contributed by atoms with Crippen LogP contribution in [0.1, 0.15) is 11.1 Å². The van der Waals surface area contributed by atoms with E-state index >= 15 is 0 Å². The molecule has 0 heterocycles. The summed E-state index contributed by atoms with van der Waals surface area (Å²) in [4.78, 5) is 19.1. The van der Waals surface area contributed by atoms with Gasteiger partial charge < -0.3 is 10.2 Å². The molecule has 0 saturated carbocycles. The SMILES string of the molecule is O=[N+]([O-])Cc1ccccc1O.O=[N+]([O-])Cc1ccccc1O. The van der Waals surface area contributed by atoms with Gasteiger partial charge in [0.2, 0.25) is 13.1 Å². The number of nitrogens with zero attached hydrogens (tertiary/aromatic N) is 2. The first-order valence-electron chi connectivity index (χ1n) is 6.17. The second-order valence-electron chi connectivity index (χ2n) is 4.24. The van der Waals surface area contributed by atoms with Crippen molar-refractivity contribution in [3.05, 3.63) is 79.9 Å². The molecule has 2 aromatic carbocycles. The third kappa shape index (κ3) is 5.87. The maximum atomic E-state index is 10.0. The maximum absolute atomic E-state index is 10.0. The number of nitro groups is 2. The maximum Gasteiger partial charge on any atom is 0.232 e. The number of rotatable bonds is 4. The smallest absolute Gasteiger partial charge is 0.232 e. The first-order chi connectivity index (χ1) is 10.4. The lowest BCUT2D eigenvalue weighted by atomic mass is 10.2. The number of phenols is 2. The van der Waals surface area contributed by atoms with Crippen LogP contribution in [-0.4, -0.2) is 20.1 Å². The molecule has 8 nitrogen and oxygen atoms in total. The molecule has 0 saturated heterocycles. The summed E-state index contributed by atoms with van der Waals surface area (Å²) in [6.45, 7) is -0.653. The van der Waals surface area contributed by atoms with E-state index in [0.29, 0.717) is 11.1 Å². The van der Waals surface area contributed by atoms with Gasteiger partial charge in [0.1, 0.15) is 11.5 Å². The Morgan fingerprint density at radius 2 is 1.05 bits per heavy atom. The van der Waals surface area contributed by atoms with E-state index in [1.165, 1.54) is 24.3 Å². The molecule has 0 spiro atoms. The Kier molecular flexibility index (Phi) is 6.30. The largest absolute Gasteiger partial charge is 0.507 e. The summed E-state index contributed by atoms with van der Waals surface area (Å²) in [5, 5.41) is 38.1. The molecule has 0 amide bonds. The highest BCUT2D eigenvalue weighted by Crippen LogP contribution is 2.16. The summed E-state index contributed by atoms with van der Waals surface area (Å²) < 4.78 is 0. The molecule has 22 heavy (non-hydrogen) atoms. The monoisotopic (exact) mass is 306 g/mol. The van der Waals surface area contributed by atoms with Gasteiger partial charge in [-0.3, -0.25) is 20.2 Å². The van der Waals surface area contributed by atoms with Gasteiger partial charge in [0.05, 0.1) is 11.1 Å². The highest BCUT2D eigenvalue weighted by atomic mass is 16.6. The Morgan fingerprint density at radius 1 is 0.727 bits per heavy atom. The van der Waals surface area contributed by atoms with Gasteiger partial charge in [-0.2, -0.15) is 0 Å². The molecule has 2 rings (SSSR count). The minimum atomic E-state index is -0.477. The number of phenolic OH excluding ortho intramolecular Hbond substituents is 2. The van der Waals surface area contributed by atoms with Crippen LogP contribution in [-0.2, 0) is 13.1 Å². The summed E-state index contributed by atoms with van der Waals surface area (Å²) in [7, 11) is 0. The summed E-state index contributed by atoms with van der Waals surface area (Å²) in [6, 6.07) is 12.5. The predicted octanol–water partition coefficient (Wildman–Crippen LogP) is 2.34. The lowest BCUT2D eigenvalue weighted by Crippen LogP contribution is -1.97. The minimum absolute atomic E-state index is 0.0239. The third-order valence-corrected chi connectivity index (χ3v) is 2.58. The van der Waals surface area contributed by atoms with Crippen molar-refractivity contribution in [1.29, 1.82) is 0 Å². The Balaban J connectivity index is 0.000000220. The molecular weight excluding hydrogens is 292 g/mol. The fourth-order valence-electron chi connectivity index (χ4n) is 1.57. The van der Waals surface area contributed by atoms with Gasteiger partial charge in [-0.1, -0.05) is 24.3 Å². The number of hydrogen-bond donors (Lipinski definition) is 2. The summed E-state index contributed by atoms with van der Waals surface area (Å²) in [5.74, 6) is -0.0478. The van der Waals surface area contributed by atoms with Crippen LogP contribution in [0.15, 0.2) is 48.5 Å². The number of hydrogen-bond acceptors (Lipinski definition) is 6. The highest BCUT2D eigenvalue weighted by molar-refractivity contribution is 5.31. The quantitative estimate of drug-likeness (QED) is 0.659. The molecule has 2 N–H and O–H groups in total. The van der Waals surface area contributed by atoms with Crippen molar-refractivity contribution in [3.8, 4) is 11.5 Å². The van der Waals surface area contributed by atoms with Crippen molar-refractivity contribution >= 4 is 0 Å². The lowest BCUT2D eigenvalue weighted by molar-refractivity contribution is -0.497. The van der Waals surface area contributed by atoms with Gasteiger partial charge >= 0.3 is 0 Å². The van der Waals surface area contributed by atoms with Crippen LogP contribution >= 0.6 is 0 Å². The number of aromatic hydroxyl groups is 2. The van der Waals surface area contributed by atoms with Crippen molar-refractivity contribution in [2.24, 2.45) is 0 Å². The van der Waals surface area contributed by atoms with Crippen molar-refractivity contribution < 1.29 is 20.1 Å². The summed E-state index contributed by atoms with van der Waals surface area (Å²) >= 11 is 0. The molecule has 2 aromatic rings. The first kappa shape index (κ1) is 16.9. The van der Waals surface area contributed by atoms with Gasteiger partial charge in [0.15, 0.2) is 0 Å². The van der Waals surface area contributed by atoms with E-state index in [1.54, 1.807) is 24.3 Å². The zero-order chi connectivity index (χ0) is 16.5. The van der Waals surface area contributed by atoms with Crippen molar-refractivity contribution in [1.82, 2.24) is 0 Å². The van der Waals surface area contributed by atoms with Crippen LogP contribution in [0, 0.1) is 20.2 Å². The van der Waals surface area contributed by atoms with Crippen molar-refractivity contribution in [3.63, 3.8) is 0 Å². The fraction of sp³-hybridized carbons (Fsp3) is 0.143. The minimum Gasteiger partial charge on any atom is -0.507 e. The molecule has 0 aliphatic carbocycles. The second kappa shape index (κ2) is 8.20. The van der Waals surface area contributed by atoms with Gasteiger partial charge in [0, 0.05) is 9.85 Å².